The minimum Gasteiger partial charge on any atom is -0.311 e. The number of nitrogens with one attached hydrogen (secondary N) is 1. The molecule has 1 heteroatoms. The summed E-state index contributed by atoms with van der Waals surface area (Å²) in [6.07, 6.45) is 13.0. The van der Waals surface area contributed by atoms with E-state index in [-0.39, 0.29) is 0 Å². The fourth-order valence-corrected chi connectivity index (χ4v) is 3.47. The Hall–Kier alpha value is -0.0400. The van der Waals surface area contributed by atoms with E-state index in [0.717, 1.165) is 23.9 Å². The molecule has 0 heterocycles. The molecular formula is C15H29N. The molecule has 0 aromatic heterocycles. The molecular weight excluding hydrogens is 194 g/mol. The maximum absolute atomic E-state index is 3.97. The van der Waals surface area contributed by atoms with E-state index >= 15 is 0 Å². The first-order chi connectivity index (χ1) is 7.75. The molecule has 2 fully saturated rings. The molecule has 1 N–H and O–H groups in total. The van der Waals surface area contributed by atoms with Crippen molar-refractivity contribution in [3.63, 3.8) is 0 Å². The lowest BCUT2D eigenvalue weighted by atomic mass is 9.86. The zero-order valence-corrected chi connectivity index (χ0v) is 11.2. The molecule has 94 valence electrons. The summed E-state index contributed by atoms with van der Waals surface area (Å²) in [5, 5.41) is 3.97. The van der Waals surface area contributed by atoms with Crippen LogP contribution in [0.4, 0.5) is 0 Å². The van der Waals surface area contributed by atoms with Crippen LogP contribution in [-0.2, 0) is 0 Å². The van der Waals surface area contributed by atoms with Crippen LogP contribution in [0, 0.1) is 11.8 Å². The molecule has 2 aliphatic carbocycles. The Labute approximate surface area is 101 Å². The Balaban J connectivity index is 1.78. The number of hydrogen-bond acceptors (Lipinski definition) is 1. The lowest BCUT2D eigenvalue weighted by molar-refractivity contribution is 0.251. The number of rotatable bonds is 2. The van der Waals surface area contributed by atoms with Crippen LogP contribution in [-0.4, -0.2) is 12.1 Å². The van der Waals surface area contributed by atoms with Gasteiger partial charge in [-0.15, -0.1) is 0 Å². The molecule has 2 rings (SSSR count). The summed E-state index contributed by atoms with van der Waals surface area (Å²) in [5.41, 5.74) is 0. The van der Waals surface area contributed by atoms with Gasteiger partial charge in [-0.05, 0) is 50.4 Å². The van der Waals surface area contributed by atoms with Crippen molar-refractivity contribution in [1.29, 1.82) is 0 Å². The summed E-state index contributed by atoms with van der Waals surface area (Å²) in [7, 11) is 0. The van der Waals surface area contributed by atoms with Gasteiger partial charge in [0.1, 0.15) is 0 Å². The topological polar surface area (TPSA) is 12.0 Å². The van der Waals surface area contributed by atoms with E-state index in [0.29, 0.717) is 0 Å². The summed E-state index contributed by atoms with van der Waals surface area (Å²) in [6, 6.07) is 1.66. The second-order valence-electron chi connectivity index (χ2n) is 6.35. The summed E-state index contributed by atoms with van der Waals surface area (Å²) >= 11 is 0. The van der Waals surface area contributed by atoms with Crippen LogP contribution in [0.1, 0.15) is 71.6 Å². The number of hydrogen-bond donors (Lipinski definition) is 1. The van der Waals surface area contributed by atoms with Crippen molar-refractivity contribution in [2.24, 2.45) is 11.8 Å². The molecule has 0 aromatic rings. The van der Waals surface area contributed by atoms with Crippen molar-refractivity contribution >= 4 is 0 Å². The molecule has 0 aliphatic heterocycles. The molecule has 0 saturated heterocycles. The fourth-order valence-electron chi connectivity index (χ4n) is 3.47. The molecule has 2 atom stereocenters. The van der Waals surface area contributed by atoms with Gasteiger partial charge < -0.3 is 5.32 Å². The zero-order chi connectivity index (χ0) is 11.4. The van der Waals surface area contributed by atoms with Crippen molar-refractivity contribution in [1.82, 2.24) is 5.32 Å². The van der Waals surface area contributed by atoms with Crippen LogP contribution in [0.2, 0.25) is 0 Å². The predicted octanol–water partition coefficient (Wildman–Crippen LogP) is 4.12. The van der Waals surface area contributed by atoms with Crippen LogP contribution in [0.25, 0.3) is 0 Å². The van der Waals surface area contributed by atoms with Crippen LogP contribution < -0.4 is 5.32 Å². The highest BCUT2D eigenvalue weighted by Gasteiger charge is 2.24. The Morgan fingerprint density at radius 1 is 0.750 bits per heavy atom. The first kappa shape index (κ1) is 12.4. The van der Waals surface area contributed by atoms with Crippen molar-refractivity contribution in [2.45, 2.75) is 83.7 Å². The third-order valence-electron chi connectivity index (χ3n) is 4.83. The van der Waals surface area contributed by atoms with E-state index in [9.17, 15) is 0 Å². The second-order valence-corrected chi connectivity index (χ2v) is 6.35. The van der Waals surface area contributed by atoms with Gasteiger partial charge in [0, 0.05) is 12.1 Å². The summed E-state index contributed by atoms with van der Waals surface area (Å²) in [6.45, 7) is 4.86. The van der Waals surface area contributed by atoms with Crippen LogP contribution in [0.15, 0.2) is 0 Å². The molecule has 0 spiro atoms. The zero-order valence-electron chi connectivity index (χ0n) is 11.2. The van der Waals surface area contributed by atoms with Gasteiger partial charge in [0.2, 0.25) is 0 Å². The fraction of sp³-hybridized carbons (Fsp3) is 1.00. The van der Waals surface area contributed by atoms with Gasteiger partial charge in [-0.1, -0.05) is 33.1 Å². The van der Waals surface area contributed by atoms with Crippen molar-refractivity contribution in [2.75, 3.05) is 0 Å². The molecule has 2 aliphatic rings. The van der Waals surface area contributed by atoms with Crippen LogP contribution in [0.5, 0.6) is 0 Å². The third kappa shape index (κ3) is 3.48. The maximum atomic E-state index is 3.97. The van der Waals surface area contributed by atoms with Crippen molar-refractivity contribution < 1.29 is 0 Å². The van der Waals surface area contributed by atoms with Gasteiger partial charge in [0.15, 0.2) is 0 Å². The maximum Gasteiger partial charge on any atom is 0.00952 e. The Bertz CT molecular complexity index is 194. The molecule has 16 heavy (non-hydrogen) atoms. The Kier molecular flexibility index (Phi) is 4.69. The highest BCUT2D eigenvalue weighted by molar-refractivity contribution is 4.83. The summed E-state index contributed by atoms with van der Waals surface area (Å²) in [5.74, 6) is 1.88. The first-order valence-corrected chi connectivity index (χ1v) is 7.51. The largest absolute Gasteiger partial charge is 0.311 e. The molecule has 0 radical (unpaired) electrons. The monoisotopic (exact) mass is 223 g/mol. The summed E-state index contributed by atoms with van der Waals surface area (Å²) < 4.78 is 0. The lowest BCUT2D eigenvalue weighted by Gasteiger charge is -2.33. The van der Waals surface area contributed by atoms with Gasteiger partial charge >= 0.3 is 0 Å². The minimum atomic E-state index is 0.820. The van der Waals surface area contributed by atoms with Gasteiger partial charge in [-0.2, -0.15) is 0 Å². The van der Waals surface area contributed by atoms with Gasteiger partial charge in [0.25, 0.3) is 0 Å². The highest BCUT2D eigenvalue weighted by Crippen LogP contribution is 2.27. The molecule has 0 aromatic carbocycles. The molecule has 1 nitrogen and oxygen atoms in total. The SMILES string of the molecule is CC1CCC(NC2CCCCCC2C)CC1. The molecule has 2 unspecified atom stereocenters. The van der Waals surface area contributed by atoms with E-state index in [1.54, 1.807) is 0 Å². The van der Waals surface area contributed by atoms with Crippen molar-refractivity contribution in [3.8, 4) is 0 Å². The second kappa shape index (κ2) is 6.05. The Morgan fingerprint density at radius 3 is 2.19 bits per heavy atom. The predicted molar refractivity (Wildman–Crippen MR) is 70.6 cm³/mol. The first-order valence-electron chi connectivity index (χ1n) is 7.51. The third-order valence-corrected chi connectivity index (χ3v) is 4.83. The molecule has 2 saturated carbocycles. The highest BCUT2D eigenvalue weighted by atomic mass is 15.0. The standard InChI is InChI=1S/C15H29N/c1-12-8-10-14(11-9-12)16-15-7-5-3-4-6-13(15)2/h12-16H,3-11H2,1-2H3. The van der Waals surface area contributed by atoms with E-state index in [4.69, 9.17) is 0 Å². The minimum absolute atomic E-state index is 0.820. The van der Waals surface area contributed by atoms with E-state index in [1.165, 1.54) is 57.8 Å². The van der Waals surface area contributed by atoms with Crippen molar-refractivity contribution in [3.05, 3.63) is 0 Å². The molecule has 0 amide bonds. The summed E-state index contributed by atoms with van der Waals surface area (Å²) in [4.78, 5) is 0. The van der Waals surface area contributed by atoms with Gasteiger partial charge in [-0.25, -0.2) is 0 Å². The quantitative estimate of drug-likeness (QED) is 0.694. The normalized spacial score (nSPS) is 41.6. The van der Waals surface area contributed by atoms with Gasteiger partial charge in [-0.3, -0.25) is 0 Å². The lowest BCUT2D eigenvalue weighted by Crippen LogP contribution is -2.43. The van der Waals surface area contributed by atoms with Crippen LogP contribution in [0.3, 0.4) is 0 Å². The smallest absolute Gasteiger partial charge is 0.00952 e. The Morgan fingerprint density at radius 2 is 1.44 bits per heavy atom. The van der Waals surface area contributed by atoms with Crippen LogP contribution >= 0.6 is 0 Å². The average molecular weight is 223 g/mol. The van der Waals surface area contributed by atoms with E-state index in [1.807, 2.05) is 0 Å². The van der Waals surface area contributed by atoms with Gasteiger partial charge in [0.05, 0.1) is 0 Å². The van der Waals surface area contributed by atoms with E-state index in [2.05, 4.69) is 19.2 Å². The molecule has 0 bridgehead atoms. The van der Waals surface area contributed by atoms with E-state index < -0.39 is 0 Å². The average Bonchev–Trinajstić information content (AvgIpc) is 2.48.